The standard InChI is InChI=1S/C8H7Cl3O2/c9-5-1-2-6(13-4-3-12)8(11)7(5)10/h1-2,12H,3-4H2. The van der Waals surface area contributed by atoms with Crippen LogP contribution < -0.4 is 4.74 Å². The molecule has 0 unspecified atom stereocenters. The maximum Gasteiger partial charge on any atom is 0.139 e. The summed E-state index contributed by atoms with van der Waals surface area (Å²) in [6.45, 7) is 0.105. The van der Waals surface area contributed by atoms with Crippen LogP contribution in [0.5, 0.6) is 5.75 Å². The van der Waals surface area contributed by atoms with Gasteiger partial charge in [-0.3, -0.25) is 0 Å². The Morgan fingerprint density at radius 2 is 1.85 bits per heavy atom. The van der Waals surface area contributed by atoms with Gasteiger partial charge in [0.2, 0.25) is 0 Å². The summed E-state index contributed by atoms with van der Waals surface area (Å²) in [5.41, 5.74) is 0. The van der Waals surface area contributed by atoms with Crippen molar-refractivity contribution in [1.82, 2.24) is 0 Å². The van der Waals surface area contributed by atoms with Crippen LogP contribution >= 0.6 is 34.8 Å². The van der Waals surface area contributed by atoms with Crippen LogP contribution in [0.25, 0.3) is 0 Å². The minimum Gasteiger partial charge on any atom is -0.490 e. The molecular formula is C8H7Cl3O2. The summed E-state index contributed by atoms with van der Waals surface area (Å²) in [5, 5.41) is 9.42. The number of aliphatic hydroxyl groups excluding tert-OH is 1. The zero-order chi connectivity index (χ0) is 9.84. The first-order chi connectivity index (χ1) is 6.16. The van der Waals surface area contributed by atoms with E-state index in [1.165, 1.54) is 0 Å². The third-order valence-corrected chi connectivity index (χ3v) is 2.62. The molecule has 0 saturated heterocycles. The van der Waals surface area contributed by atoms with E-state index in [-0.39, 0.29) is 23.3 Å². The van der Waals surface area contributed by atoms with Crippen molar-refractivity contribution in [2.24, 2.45) is 0 Å². The molecule has 0 amide bonds. The van der Waals surface area contributed by atoms with Gasteiger partial charge in [-0.1, -0.05) is 34.8 Å². The number of hydrogen-bond acceptors (Lipinski definition) is 2. The average molecular weight is 242 g/mol. The van der Waals surface area contributed by atoms with Crippen molar-refractivity contribution in [3.8, 4) is 5.75 Å². The molecule has 1 rings (SSSR count). The first-order valence-electron chi connectivity index (χ1n) is 3.54. The second-order valence-electron chi connectivity index (χ2n) is 2.25. The van der Waals surface area contributed by atoms with Crippen molar-refractivity contribution in [2.45, 2.75) is 0 Å². The number of halogens is 3. The maximum absolute atomic E-state index is 8.52. The van der Waals surface area contributed by atoms with Crippen LogP contribution in [0.4, 0.5) is 0 Å². The lowest BCUT2D eigenvalue weighted by Crippen LogP contribution is -2.01. The molecule has 0 aromatic heterocycles. The summed E-state index contributed by atoms with van der Waals surface area (Å²) >= 11 is 17.3. The second-order valence-corrected chi connectivity index (χ2v) is 3.41. The Morgan fingerprint density at radius 3 is 2.46 bits per heavy atom. The molecule has 0 aliphatic rings. The van der Waals surface area contributed by atoms with Crippen molar-refractivity contribution >= 4 is 34.8 Å². The number of ether oxygens (including phenoxy) is 1. The monoisotopic (exact) mass is 240 g/mol. The Morgan fingerprint density at radius 1 is 1.15 bits per heavy atom. The summed E-state index contributed by atoms with van der Waals surface area (Å²) in [5.74, 6) is 0.421. The van der Waals surface area contributed by atoms with Gasteiger partial charge in [0.15, 0.2) is 0 Å². The van der Waals surface area contributed by atoms with Crippen LogP contribution in [0.2, 0.25) is 15.1 Å². The SMILES string of the molecule is OCCOc1ccc(Cl)c(Cl)c1Cl. The lowest BCUT2D eigenvalue weighted by atomic mass is 10.3. The largest absolute Gasteiger partial charge is 0.490 e. The van der Waals surface area contributed by atoms with E-state index in [0.717, 1.165) is 0 Å². The normalized spacial score (nSPS) is 10.2. The Kier molecular flexibility index (Phi) is 4.13. The lowest BCUT2D eigenvalue weighted by Gasteiger charge is -2.07. The fourth-order valence-corrected chi connectivity index (χ4v) is 1.36. The molecular weight excluding hydrogens is 234 g/mol. The van der Waals surface area contributed by atoms with E-state index in [2.05, 4.69) is 0 Å². The molecule has 0 aliphatic heterocycles. The zero-order valence-electron chi connectivity index (χ0n) is 6.56. The molecule has 1 aromatic rings. The van der Waals surface area contributed by atoms with E-state index in [1.54, 1.807) is 12.1 Å². The highest BCUT2D eigenvalue weighted by Crippen LogP contribution is 2.36. The number of benzene rings is 1. The highest BCUT2D eigenvalue weighted by atomic mass is 35.5. The number of rotatable bonds is 3. The van der Waals surface area contributed by atoms with Gasteiger partial charge >= 0.3 is 0 Å². The molecule has 5 heteroatoms. The third kappa shape index (κ3) is 2.64. The van der Waals surface area contributed by atoms with E-state index < -0.39 is 0 Å². The Hall–Kier alpha value is -0.150. The van der Waals surface area contributed by atoms with Gasteiger partial charge in [0.05, 0.1) is 16.7 Å². The van der Waals surface area contributed by atoms with Gasteiger partial charge in [0, 0.05) is 0 Å². The summed E-state index contributed by atoms with van der Waals surface area (Å²) in [6, 6.07) is 3.19. The molecule has 0 heterocycles. The van der Waals surface area contributed by atoms with Gasteiger partial charge in [-0.2, -0.15) is 0 Å². The first-order valence-corrected chi connectivity index (χ1v) is 4.67. The van der Waals surface area contributed by atoms with Crippen LogP contribution in [-0.4, -0.2) is 18.3 Å². The lowest BCUT2D eigenvalue weighted by molar-refractivity contribution is 0.201. The van der Waals surface area contributed by atoms with Crippen molar-refractivity contribution in [3.63, 3.8) is 0 Å². The predicted molar refractivity (Wildman–Crippen MR) is 54.1 cm³/mol. The van der Waals surface area contributed by atoms with Gasteiger partial charge in [-0.05, 0) is 12.1 Å². The molecule has 72 valence electrons. The van der Waals surface area contributed by atoms with Crippen molar-refractivity contribution < 1.29 is 9.84 Å². The van der Waals surface area contributed by atoms with Gasteiger partial charge in [-0.15, -0.1) is 0 Å². The zero-order valence-corrected chi connectivity index (χ0v) is 8.83. The summed E-state index contributed by atoms with van der Waals surface area (Å²) in [4.78, 5) is 0. The van der Waals surface area contributed by atoms with E-state index in [9.17, 15) is 0 Å². The smallest absolute Gasteiger partial charge is 0.139 e. The fourth-order valence-electron chi connectivity index (χ4n) is 0.775. The van der Waals surface area contributed by atoms with Gasteiger partial charge < -0.3 is 9.84 Å². The maximum atomic E-state index is 8.52. The molecule has 1 aromatic carbocycles. The third-order valence-electron chi connectivity index (χ3n) is 1.35. The number of aliphatic hydroxyl groups is 1. The molecule has 2 nitrogen and oxygen atoms in total. The minimum absolute atomic E-state index is 0.0728. The molecule has 0 spiro atoms. The molecule has 1 N–H and O–H groups in total. The Balaban J connectivity index is 2.90. The van der Waals surface area contributed by atoms with Gasteiger partial charge in [0.25, 0.3) is 0 Å². The van der Waals surface area contributed by atoms with Crippen LogP contribution in [0, 0.1) is 0 Å². The average Bonchev–Trinajstić information content (AvgIpc) is 2.13. The molecule has 13 heavy (non-hydrogen) atoms. The second kappa shape index (κ2) is 4.91. The Labute approximate surface area is 91.0 Å². The van der Waals surface area contributed by atoms with Crippen LogP contribution in [0.1, 0.15) is 0 Å². The van der Waals surface area contributed by atoms with E-state index in [0.29, 0.717) is 10.8 Å². The number of hydrogen-bond donors (Lipinski definition) is 1. The molecule has 0 radical (unpaired) electrons. The van der Waals surface area contributed by atoms with Crippen LogP contribution in [0.3, 0.4) is 0 Å². The first kappa shape index (κ1) is 10.9. The van der Waals surface area contributed by atoms with Gasteiger partial charge in [-0.25, -0.2) is 0 Å². The summed E-state index contributed by atoms with van der Waals surface area (Å²) < 4.78 is 5.10. The van der Waals surface area contributed by atoms with Crippen LogP contribution in [-0.2, 0) is 0 Å². The quantitative estimate of drug-likeness (QED) is 0.824. The molecule has 0 saturated carbocycles. The van der Waals surface area contributed by atoms with Crippen molar-refractivity contribution in [2.75, 3.05) is 13.2 Å². The molecule has 0 aliphatic carbocycles. The highest BCUT2D eigenvalue weighted by molar-refractivity contribution is 6.48. The predicted octanol–water partition coefficient (Wildman–Crippen LogP) is 3.02. The van der Waals surface area contributed by atoms with E-state index >= 15 is 0 Å². The topological polar surface area (TPSA) is 29.5 Å². The van der Waals surface area contributed by atoms with Crippen molar-refractivity contribution in [3.05, 3.63) is 27.2 Å². The fraction of sp³-hybridized carbons (Fsp3) is 0.250. The molecule has 0 atom stereocenters. The highest BCUT2D eigenvalue weighted by Gasteiger charge is 2.08. The summed E-state index contributed by atoms with van der Waals surface area (Å²) in [6.07, 6.45) is 0. The Bertz CT molecular complexity index is 302. The molecule has 0 fully saturated rings. The van der Waals surface area contributed by atoms with Crippen molar-refractivity contribution in [1.29, 1.82) is 0 Å². The summed E-state index contributed by atoms with van der Waals surface area (Å²) in [7, 11) is 0. The van der Waals surface area contributed by atoms with Crippen LogP contribution in [0.15, 0.2) is 12.1 Å². The minimum atomic E-state index is -0.0728. The van der Waals surface area contributed by atoms with E-state index in [4.69, 9.17) is 44.6 Å². The van der Waals surface area contributed by atoms with Gasteiger partial charge in [0.1, 0.15) is 17.4 Å². The van der Waals surface area contributed by atoms with E-state index in [1.807, 2.05) is 0 Å². The molecule has 0 bridgehead atoms.